The van der Waals surface area contributed by atoms with Crippen LogP contribution in [0.2, 0.25) is 0 Å². The molecule has 1 atom stereocenters. The number of hydrogen-bond donors (Lipinski definition) is 2. The van der Waals surface area contributed by atoms with Crippen LogP contribution in [-0.4, -0.2) is 27.7 Å². The first-order valence-electron chi connectivity index (χ1n) is 6.97. The summed E-state index contributed by atoms with van der Waals surface area (Å²) in [6, 6.07) is 13.9. The highest BCUT2D eigenvalue weighted by Crippen LogP contribution is 2.20. The molecule has 2 N–H and O–H groups in total. The van der Waals surface area contributed by atoms with Crippen LogP contribution >= 0.6 is 0 Å². The number of aliphatic hydroxyl groups excluding tert-OH is 1. The SMILES string of the molecule is OCC(Cc1ccccc1)Nc1cncc2cccnc12. The van der Waals surface area contributed by atoms with E-state index in [1.54, 1.807) is 18.6 Å². The maximum absolute atomic E-state index is 9.62. The number of anilines is 1. The second kappa shape index (κ2) is 6.33. The lowest BCUT2D eigenvalue weighted by Gasteiger charge is -2.18. The Morgan fingerprint density at radius 3 is 2.71 bits per heavy atom. The summed E-state index contributed by atoms with van der Waals surface area (Å²) in [5.74, 6) is 0. The number of hydrogen-bond acceptors (Lipinski definition) is 4. The third-order valence-corrected chi connectivity index (χ3v) is 3.42. The van der Waals surface area contributed by atoms with E-state index in [0.29, 0.717) is 0 Å². The molecule has 3 rings (SSSR count). The van der Waals surface area contributed by atoms with Crippen molar-refractivity contribution in [1.29, 1.82) is 0 Å². The molecule has 2 heterocycles. The smallest absolute Gasteiger partial charge is 0.0964 e. The Balaban J connectivity index is 1.82. The van der Waals surface area contributed by atoms with Gasteiger partial charge in [-0.05, 0) is 24.1 Å². The number of nitrogens with one attached hydrogen (secondary N) is 1. The summed E-state index contributed by atoms with van der Waals surface area (Å²) in [7, 11) is 0. The number of aromatic nitrogens is 2. The summed E-state index contributed by atoms with van der Waals surface area (Å²) < 4.78 is 0. The van der Waals surface area contributed by atoms with E-state index < -0.39 is 0 Å². The van der Waals surface area contributed by atoms with Crippen molar-refractivity contribution < 1.29 is 5.11 Å². The Kier molecular flexibility index (Phi) is 4.07. The lowest BCUT2D eigenvalue weighted by atomic mass is 10.1. The number of fused-ring (bicyclic) bond motifs is 1. The van der Waals surface area contributed by atoms with Gasteiger partial charge in [-0.15, -0.1) is 0 Å². The lowest BCUT2D eigenvalue weighted by molar-refractivity contribution is 0.274. The molecule has 1 unspecified atom stereocenters. The van der Waals surface area contributed by atoms with E-state index in [1.807, 2.05) is 30.3 Å². The van der Waals surface area contributed by atoms with Gasteiger partial charge in [-0.3, -0.25) is 9.97 Å². The van der Waals surface area contributed by atoms with Crippen molar-refractivity contribution in [3.63, 3.8) is 0 Å². The second-order valence-electron chi connectivity index (χ2n) is 4.98. The molecule has 21 heavy (non-hydrogen) atoms. The molecule has 4 heteroatoms. The summed E-state index contributed by atoms with van der Waals surface area (Å²) in [6.45, 7) is 0.0537. The predicted molar refractivity (Wildman–Crippen MR) is 84.2 cm³/mol. The first-order valence-corrected chi connectivity index (χ1v) is 6.97. The summed E-state index contributed by atoms with van der Waals surface area (Å²) in [5, 5.41) is 13.9. The molecule has 0 saturated carbocycles. The van der Waals surface area contributed by atoms with E-state index in [4.69, 9.17) is 0 Å². The fraction of sp³-hybridized carbons (Fsp3) is 0.176. The molecular weight excluding hydrogens is 262 g/mol. The quantitative estimate of drug-likeness (QED) is 0.754. The zero-order valence-electron chi connectivity index (χ0n) is 11.6. The van der Waals surface area contributed by atoms with Crippen molar-refractivity contribution in [1.82, 2.24) is 9.97 Å². The van der Waals surface area contributed by atoms with Gasteiger partial charge in [0.25, 0.3) is 0 Å². The molecule has 4 nitrogen and oxygen atoms in total. The van der Waals surface area contributed by atoms with E-state index in [9.17, 15) is 5.11 Å². The summed E-state index contributed by atoms with van der Waals surface area (Å²) in [6.07, 6.45) is 6.06. The number of rotatable bonds is 5. The Hall–Kier alpha value is -2.46. The number of pyridine rings is 2. The van der Waals surface area contributed by atoms with Crippen LogP contribution in [0.5, 0.6) is 0 Å². The molecule has 0 saturated heterocycles. The number of nitrogens with zero attached hydrogens (tertiary/aromatic N) is 2. The zero-order valence-corrected chi connectivity index (χ0v) is 11.6. The van der Waals surface area contributed by atoms with Crippen LogP contribution in [0.15, 0.2) is 61.1 Å². The highest BCUT2D eigenvalue weighted by Gasteiger charge is 2.11. The van der Waals surface area contributed by atoms with Gasteiger partial charge >= 0.3 is 0 Å². The molecule has 0 spiro atoms. The van der Waals surface area contributed by atoms with Gasteiger partial charge in [-0.1, -0.05) is 30.3 Å². The van der Waals surface area contributed by atoms with Gasteiger partial charge in [-0.25, -0.2) is 0 Å². The highest BCUT2D eigenvalue weighted by atomic mass is 16.3. The molecule has 1 aromatic carbocycles. The van der Waals surface area contributed by atoms with E-state index in [1.165, 1.54) is 5.56 Å². The van der Waals surface area contributed by atoms with Crippen molar-refractivity contribution in [2.24, 2.45) is 0 Å². The fourth-order valence-corrected chi connectivity index (χ4v) is 2.39. The van der Waals surface area contributed by atoms with Gasteiger partial charge in [0.2, 0.25) is 0 Å². The van der Waals surface area contributed by atoms with Crippen molar-refractivity contribution in [2.75, 3.05) is 11.9 Å². The zero-order chi connectivity index (χ0) is 14.5. The molecule has 106 valence electrons. The van der Waals surface area contributed by atoms with Crippen molar-refractivity contribution >= 4 is 16.6 Å². The van der Waals surface area contributed by atoms with Gasteiger partial charge in [0.1, 0.15) is 0 Å². The molecule has 0 amide bonds. The summed E-state index contributed by atoms with van der Waals surface area (Å²) in [4.78, 5) is 8.61. The van der Waals surface area contributed by atoms with Gasteiger partial charge in [-0.2, -0.15) is 0 Å². The molecule has 0 bridgehead atoms. The monoisotopic (exact) mass is 279 g/mol. The minimum Gasteiger partial charge on any atom is -0.394 e. The van der Waals surface area contributed by atoms with Crippen LogP contribution in [0.3, 0.4) is 0 Å². The largest absolute Gasteiger partial charge is 0.394 e. The normalized spacial score (nSPS) is 12.2. The van der Waals surface area contributed by atoms with Crippen LogP contribution < -0.4 is 5.32 Å². The third kappa shape index (κ3) is 3.17. The second-order valence-corrected chi connectivity index (χ2v) is 4.98. The first-order chi connectivity index (χ1) is 10.4. The van der Waals surface area contributed by atoms with Gasteiger partial charge < -0.3 is 10.4 Å². The lowest BCUT2D eigenvalue weighted by Crippen LogP contribution is -2.26. The van der Waals surface area contributed by atoms with Gasteiger partial charge in [0, 0.05) is 17.8 Å². The topological polar surface area (TPSA) is 58.0 Å². The molecular formula is C17H17N3O. The maximum Gasteiger partial charge on any atom is 0.0964 e. The standard InChI is InChI=1S/C17H17N3O/c21-12-15(9-13-5-2-1-3-6-13)20-16-11-18-10-14-7-4-8-19-17(14)16/h1-8,10-11,15,20-21H,9,12H2. The first kappa shape index (κ1) is 13.5. The Bertz CT molecular complexity index is 710. The van der Waals surface area contributed by atoms with E-state index >= 15 is 0 Å². The third-order valence-electron chi connectivity index (χ3n) is 3.42. The number of aliphatic hydroxyl groups is 1. The Labute approximate surface area is 123 Å². The molecule has 0 aliphatic carbocycles. The minimum atomic E-state index is -0.0678. The van der Waals surface area contributed by atoms with Crippen LogP contribution in [0.4, 0.5) is 5.69 Å². The average Bonchev–Trinajstić information content (AvgIpc) is 2.55. The van der Waals surface area contributed by atoms with Crippen LogP contribution in [-0.2, 0) is 6.42 Å². The van der Waals surface area contributed by atoms with Crippen molar-refractivity contribution in [3.8, 4) is 0 Å². The van der Waals surface area contributed by atoms with E-state index in [0.717, 1.165) is 23.0 Å². The van der Waals surface area contributed by atoms with Gasteiger partial charge in [0.05, 0.1) is 30.0 Å². The minimum absolute atomic E-state index is 0.0537. The number of benzene rings is 1. The van der Waals surface area contributed by atoms with Gasteiger partial charge in [0.15, 0.2) is 0 Å². The molecule has 0 radical (unpaired) electrons. The van der Waals surface area contributed by atoms with Crippen LogP contribution in [0.25, 0.3) is 10.9 Å². The molecule has 0 aliphatic heterocycles. The molecule has 3 aromatic rings. The average molecular weight is 279 g/mol. The summed E-state index contributed by atoms with van der Waals surface area (Å²) in [5.41, 5.74) is 2.91. The van der Waals surface area contributed by atoms with Crippen LogP contribution in [0, 0.1) is 0 Å². The Morgan fingerprint density at radius 1 is 1.05 bits per heavy atom. The van der Waals surface area contributed by atoms with Crippen molar-refractivity contribution in [2.45, 2.75) is 12.5 Å². The molecule has 2 aromatic heterocycles. The fourth-order valence-electron chi connectivity index (χ4n) is 2.39. The maximum atomic E-state index is 9.62. The van der Waals surface area contributed by atoms with E-state index in [2.05, 4.69) is 27.4 Å². The highest BCUT2D eigenvalue weighted by molar-refractivity contribution is 5.89. The Morgan fingerprint density at radius 2 is 1.90 bits per heavy atom. The predicted octanol–water partition coefficient (Wildman–Crippen LogP) is 2.65. The molecule has 0 aliphatic rings. The van der Waals surface area contributed by atoms with E-state index in [-0.39, 0.29) is 12.6 Å². The molecule has 0 fully saturated rings. The van der Waals surface area contributed by atoms with Crippen molar-refractivity contribution in [3.05, 3.63) is 66.6 Å². The van der Waals surface area contributed by atoms with Crippen LogP contribution in [0.1, 0.15) is 5.56 Å². The summed E-state index contributed by atoms with van der Waals surface area (Å²) >= 11 is 0.